The third-order valence-electron chi connectivity index (χ3n) is 2.48. The number of hydrogen-bond donors (Lipinski definition) is 1. The van der Waals surface area contributed by atoms with Crippen LogP contribution in [0.25, 0.3) is 6.08 Å². The quantitative estimate of drug-likeness (QED) is 0.626. The fourth-order valence-corrected chi connectivity index (χ4v) is 1.58. The van der Waals surface area contributed by atoms with Gasteiger partial charge in [0, 0.05) is 12.5 Å². The smallest absolute Gasteiger partial charge is 0.328 e. The fraction of sp³-hybridized carbons (Fsp3) is 0.231. The van der Waals surface area contributed by atoms with Gasteiger partial charge in [-0.05, 0) is 11.6 Å². The molecule has 1 saturated heterocycles. The summed E-state index contributed by atoms with van der Waals surface area (Å²) in [5, 5.41) is 2.60. The van der Waals surface area contributed by atoms with Gasteiger partial charge >= 0.3 is 5.97 Å². The van der Waals surface area contributed by atoms with Gasteiger partial charge in [-0.1, -0.05) is 30.3 Å². The molecule has 0 radical (unpaired) electrons. The molecule has 1 fully saturated rings. The largest absolute Gasteiger partial charge is 0.464 e. The van der Waals surface area contributed by atoms with Crippen molar-refractivity contribution in [2.45, 2.75) is 12.5 Å². The Morgan fingerprint density at radius 3 is 2.76 bits per heavy atom. The predicted octanol–water partition coefficient (Wildman–Crippen LogP) is 1.13. The molecule has 1 atom stereocenters. The maximum absolute atomic E-state index is 11.5. The van der Waals surface area contributed by atoms with Gasteiger partial charge in [0.25, 0.3) is 0 Å². The minimum atomic E-state index is -0.497. The van der Waals surface area contributed by atoms with Crippen LogP contribution < -0.4 is 5.32 Å². The lowest BCUT2D eigenvalue weighted by atomic mass is 10.2. The molecule has 17 heavy (non-hydrogen) atoms. The van der Waals surface area contributed by atoms with E-state index in [2.05, 4.69) is 5.32 Å². The van der Waals surface area contributed by atoms with Gasteiger partial charge in [0.15, 0.2) is 0 Å². The van der Waals surface area contributed by atoms with E-state index in [1.807, 2.05) is 30.3 Å². The number of esters is 1. The molecule has 0 aromatic heterocycles. The molecule has 2 rings (SSSR count). The molecule has 1 amide bonds. The second kappa shape index (κ2) is 5.30. The molecule has 0 unspecified atom stereocenters. The average Bonchev–Trinajstić information content (AvgIpc) is 2.74. The highest BCUT2D eigenvalue weighted by atomic mass is 16.5. The van der Waals surface area contributed by atoms with Gasteiger partial charge in [-0.25, -0.2) is 4.79 Å². The maximum atomic E-state index is 11.5. The lowest BCUT2D eigenvalue weighted by Crippen LogP contribution is -2.36. The topological polar surface area (TPSA) is 55.4 Å². The van der Waals surface area contributed by atoms with Gasteiger partial charge in [0.1, 0.15) is 6.04 Å². The SMILES string of the molecule is O=C(C=Cc1ccccc1)N[C@@H]1CCOC1=O. The molecule has 1 N–H and O–H groups in total. The van der Waals surface area contributed by atoms with Gasteiger partial charge in [0.05, 0.1) is 6.61 Å². The van der Waals surface area contributed by atoms with Crippen molar-refractivity contribution in [1.82, 2.24) is 5.32 Å². The van der Waals surface area contributed by atoms with Gasteiger partial charge in [-0.3, -0.25) is 4.79 Å². The van der Waals surface area contributed by atoms with Crippen LogP contribution in [-0.4, -0.2) is 24.5 Å². The molecule has 1 aliphatic rings. The van der Waals surface area contributed by atoms with Crippen LogP contribution in [0.15, 0.2) is 36.4 Å². The highest BCUT2D eigenvalue weighted by Crippen LogP contribution is 2.06. The summed E-state index contributed by atoms with van der Waals surface area (Å²) in [5.41, 5.74) is 0.941. The Balaban J connectivity index is 1.89. The van der Waals surface area contributed by atoms with Crippen LogP contribution in [0.3, 0.4) is 0 Å². The van der Waals surface area contributed by atoms with Crippen molar-refractivity contribution in [3.8, 4) is 0 Å². The van der Waals surface area contributed by atoms with Gasteiger partial charge < -0.3 is 10.1 Å². The molecule has 1 aromatic carbocycles. The highest BCUT2D eigenvalue weighted by Gasteiger charge is 2.27. The summed E-state index contributed by atoms with van der Waals surface area (Å²) in [6.45, 7) is 0.381. The van der Waals surface area contributed by atoms with Crippen LogP contribution in [0.2, 0.25) is 0 Å². The zero-order valence-electron chi connectivity index (χ0n) is 9.26. The summed E-state index contributed by atoms with van der Waals surface area (Å²) in [5.74, 6) is -0.635. The monoisotopic (exact) mass is 231 g/mol. The van der Waals surface area contributed by atoms with E-state index < -0.39 is 6.04 Å². The van der Waals surface area contributed by atoms with Crippen molar-refractivity contribution < 1.29 is 14.3 Å². The predicted molar refractivity (Wildman–Crippen MR) is 63.0 cm³/mol. The first-order valence-electron chi connectivity index (χ1n) is 5.46. The van der Waals surface area contributed by atoms with E-state index in [0.717, 1.165) is 5.56 Å². The van der Waals surface area contributed by atoms with Crippen molar-refractivity contribution in [1.29, 1.82) is 0 Å². The molecule has 88 valence electrons. The minimum absolute atomic E-state index is 0.280. The van der Waals surface area contributed by atoms with Gasteiger partial charge in [-0.15, -0.1) is 0 Å². The first-order chi connectivity index (χ1) is 8.25. The minimum Gasteiger partial charge on any atom is -0.464 e. The first kappa shape index (κ1) is 11.4. The Kier molecular flexibility index (Phi) is 3.55. The van der Waals surface area contributed by atoms with Crippen LogP contribution in [-0.2, 0) is 14.3 Å². The summed E-state index contributed by atoms with van der Waals surface area (Å²) in [4.78, 5) is 22.6. The van der Waals surface area contributed by atoms with Crippen LogP contribution in [0.5, 0.6) is 0 Å². The molecule has 0 aliphatic carbocycles. The van der Waals surface area contributed by atoms with Gasteiger partial charge in [0.2, 0.25) is 5.91 Å². The number of carbonyl (C=O) groups is 2. The third kappa shape index (κ3) is 3.17. The molecular formula is C13H13NO3. The highest BCUT2D eigenvalue weighted by molar-refractivity contribution is 5.94. The number of hydrogen-bond acceptors (Lipinski definition) is 3. The number of amides is 1. The molecule has 1 aromatic rings. The van der Waals surface area contributed by atoms with E-state index in [1.165, 1.54) is 6.08 Å². The van der Waals surface area contributed by atoms with E-state index in [1.54, 1.807) is 6.08 Å². The molecule has 1 heterocycles. The maximum Gasteiger partial charge on any atom is 0.328 e. The zero-order valence-corrected chi connectivity index (χ0v) is 9.26. The standard InChI is InChI=1S/C13H13NO3/c15-12(14-11-8-9-17-13(11)16)7-6-10-4-2-1-3-5-10/h1-7,11H,8-9H2,(H,14,15)/t11-/m1/s1. The summed E-state index contributed by atoms with van der Waals surface area (Å²) >= 11 is 0. The lowest BCUT2D eigenvalue weighted by molar-refractivity contribution is -0.140. The zero-order chi connectivity index (χ0) is 12.1. The van der Waals surface area contributed by atoms with Crippen molar-refractivity contribution in [2.24, 2.45) is 0 Å². The van der Waals surface area contributed by atoms with Crippen LogP contribution >= 0.6 is 0 Å². The molecular weight excluding hydrogens is 218 g/mol. The second-order valence-corrected chi connectivity index (χ2v) is 3.76. The third-order valence-corrected chi connectivity index (χ3v) is 2.48. The van der Waals surface area contributed by atoms with E-state index in [0.29, 0.717) is 13.0 Å². The summed E-state index contributed by atoms with van der Waals surface area (Å²) in [6.07, 6.45) is 3.67. The Labute approximate surface area is 99.3 Å². The first-order valence-corrected chi connectivity index (χ1v) is 5.46. The van der Waals surface area contributed by atoms with Crippen molar-refractivity contribution >= 4 is 18.0 Å². The van der Waals surface area contributed by atoms with E-state index in [-0.39, 0.29) is 11.9 Å². The molecule has 0 saturated carbocycles. The lowest BCUT2D eigenvalue weighted by Gasteiger charge is -2.05. The second-order valence-electron chi connectivity index (χ2n) is 3.76. The fourth-order valence-electron chi connectivity index (χ4n) is 1.58. The van der Waals surface area contributed by atoms with Crippen molar-refractivity contribution in [3.63, 3.8) is 0 Å². The summed E-state index contributed by atoms with van der Waals surface area (Å²) in [7, 11) is 0. The normalized spacial score (nSPS) is 19.3. The number of carbonyl (C=O) groups excluding carboxylic acids is 2. The Bertz CT molecular complexity index is 439. The number of nitrogens with one attached hydrogen (secondary N) is 1. The Morgan fingerprint density at radius 1 is 1.35 bits per heavy atom. The van der Waals surface area contributed by atoms with E-state index in [4.69, 9.17) is 4.74 Å². The van der Waals surface area contributed by atoms with Gasteiger partial charge in [-0.2, -0.15) is 0 Å². The molecule has 4 nitrogen and oxygen atoms in total. The van der Waals surface area contributed by atoms with Crippen LogP contribution in [0.1, 0.15) is 12.0 Å². The number of benzene rings is 1. The van der Waals surface area contributed by atoms with Crippen LogP contribution in [0.4, 0.5) is 0 Å². The summed E-state index contributed by atoms with van der Waals surface area (Å²) in [6, 6.07) is 8.99. The van der Waals surface area contributed by atoms with E-state index >= 15 is 0 Å². The van der Waals surface area contributed by atoms with Crippen molar-refractivity contribution in [3.05, 3.63) is 42.0 Å². The van der Waals surface area contributed by atoms with E-state index in [9.17, 15) is 9.59 Å². The number of rotatable bonds is 3. The number of cyclic esters (lactones) is 1. The van der Waals surface area contributed by atoms with Crippen LogP contribution in [0, 0.1) is 0 Å². The molecule has 0 bridgehead atoms. The average molecular weight is 231 g/mol. The summed E-state index contributed by atoms with van der Waals surface area (Å²) < 4.78 is 4.75. The molecule has 4 heteroatoms. The molecule has 1 aliphatic heterocycles. The molecule has 0 spiro atoms. The number of ether oxygens (including phenoxy) is 1. The van der Waals surface area contributed by atoms with Crippen molar-refractivity contribution in [2.75, 3.05) is 6.61 Å². The Hall–Kier alpha value is -2.10. The Morgan fingerprint density at radius 2 is 2.12 bits per heavy atom.